The van der Waals surface area contributed by atoms with Gasteiger partial charge in [0.15, 0.2) is 0 Å². The maximum atomic E-state index is 13.3. The second-order valence-corrected chi connectivity index (χ2v) is 14.4. The maximum absolute atomic E-state index is 13.3. The summed E-state index contributed by atoms with van der Waals surface area (Å²) in [5.41, 5.74) is 3.25. The Kier molecular flexibility index (Phi) is 11.2. The summed E-state index contributed by atoms with van der Waals surface area (Å²) in [4.78, 5) is 49.9. The van der Waals surface area contributed by atoms with E-state index in [2.05, 4.69) is 13.8 Å². The fraction of sp³-hybridized carbons (Fsp3) is 0.533. The van der Waals surface area contributed by atoms with Crippen LogP contribution in [0.3, 0.4) is 0 Å². The molecule has 0 saturated carbocycles. The molecule has 1 aliphatic heterocycles. The van der Waals surface area contributed by atoms with Gasteiger partial charge in [0.05, 0.1) is 26.2 Å². The van der Waals surface area contributed by atoms with E-state index in [1.807, 2.05) is 31.3 Å². The number of nitrogens with zero attached hydrogens (tertiary/aromatic N) is 6. The predicted octanol–water partition coefficient (Wildman–Crippen LogP) is 8.16. The number of carbonyl (C=O) groups is 2. The van der Waals surface area contributed by atoms with E-state index in [-0.39, 0.29) is 11.8 Å². The lowest BCUT2D eigenvalue weighted by Gasteiger charge is -2.21. The third-order valence-corrected chi connectivity index (χ3v) is 10.6. The van der Waals surface area contributed by atoms with E-state index >= 15 is 0 Å². The van der Waals surface area contributed by atoms with Crippen LogP contribution < -0.4 is 0 Å². The zero-order valence-electron chi connectivity index (χ0n) is 24.3. The molecule has 0 aliphatic carbocycles. The molecule has 4 aromatic heterocycles. The number of hydrogen-bond donors (Lipinski definition) is 0. The van der Waals surface area contributed by atoms with Crippen molar-refractivity contribution in [2.75, 3.05) is 0 Å². The van der Waals surface area contributed by atoms with Gasteiger partial charge in [-0.1, -0.05) is 52.4 Å². The van der Waals surface area contributed by atoms with Crippen LogP contribution in [0.1, 0.15) is 98.1 Å². The lowest BCUT2D eigenvalue weighted by atomic mass is 10.1. The number of thiazole rings is 4. The van der Waals surface area contributed by atoms with Gasteiger partial charge in [0.25, 0.3) is 0 Å². The highest BCUT2D eigenvalue weighted by atomic mass is 32.1. The highest BCUT2D eigenvalue weighted by Crippen LogP contribution is 2.29. The summed E-state index contributed by atoms with van der Waals surface area (Å²) in [6, 6.07) is 0. The molecule has 2 amide bonds. The Balaban J connectivity index is 1.41. The Morgan fingerprint density at radius 2 is 0.857 bits per heavy atom. The number of hydrogen-bond acceptors (Lipinski definition) is 10. The largest absolute Gasteiger partial charge is 0.329 e. The molecule has 0 unspecified atom stereocenters. The molecule has 1 aliphatic rings. The number of fused-ring (bicyclic) bond motifs is 10. The summed E-state index contributed by atoms with van der Waals surface area (Å²) in [7, 11) is 0. The van der Waals surface area contributed by atoms with Crippen LogP contribution in [0.25, 0.3) is 22.8 Å². The fourth-order valence-electron chi connectivity index (χ4n) is 4.84. The molecule has 4 aromatic rings. The van der Waals surface area contributed by atoms with E-state index in [4.69, 9.17) is 19.9 Å². The van der Waals surface area contributed by atoms with Crippen LogP contribution in [0.2, 0.25) is 0 Å². The minimum atomic E-state index is 0.139. The molecule has 5 rings (SSSR count). The van der Waals surface area contributed by atoms with Crippen molar-refractivity contribution in [1.82, 2.24) is 29.7 Å². The lowest BCUT2D eigenvalue weighted by molar-refractivity contribution is -0.133. The Hall–Kier alpha value is -2.54. The molecule has 0 radical (unpaired) electrons. The van der Waals surface area contributed by atoms with Gasteiger partial charge in [-0.3, -0.25) is 9.59 Å². The fourth-order valence-corrected chi connectivity index (χ4v) is 8.05. The molecule has 0 aromatic carbocycles. The monoisotopic (exact) mass is 642 g/mol. The first-order valence-electron chi connectivity index (χ1n) is 14.9. The Morgan fingerprint density at radius 3 is 1.14 bits per heavy atom. The third kappa shape index (κ3) is 8.30. The highest BCUT2D eigenvalue weighted by Gasteiger charge is 2.22. The van der Waals surface area contributed by atoms with Crippen LogP contribution in [0, 0.1) is 0 Å². The van der Waals surface area contributed by atoms with Crippen molar-refractivity contribution < 1.29 is 9.59 Å². The van der Waals surface area contributed by atoms with Gasteiger partial charge in [0, 0.05) is 34.4 Å². The zero-order valence-corrected chi connectivity index (χ0v) is 27.6. The van der Waals surface area contributed by atoms with Gasteiger partial charge in [-0.2, -0.15) is 0 Å². The van der Waals surface area contributed by atoms with Gasteiger partial charge in [0.1, 0.15) is 42.8 Å². The summed E-state index contributed by atoms with van der Waals surface area (Å²) in [5, 5.41) is 11.6. The maximum Gasteiger partial charge on any atom is 0.223 e. The Morgan fingerprint density at radius 1 is 0.548 bits per heavy atom. The predicted molar refractivity (Wildman–Crippen MR) is 172 cm³/mol. The molecule has 224 valence electrons. The molecule has 12 heteroatoms. The number of unbranched alkanes of at least 4 members (excludes halogenated alkanes) is 6. The molecule has 0 atom stereocenters. The average Bonchev–Trinajstić information content (AvgIpc) is 3.80. The van der Waals surface area contributed by atoms with E-state index in [1.165, 1.54) is 0 Å². The van der Waals surface area contributed by atoms with Crippen molar-refractivity contribution in [3.05, 3.63) is 41.6 Å². The van der Waals surface area contributed by atoms with Crippen LogP contribution in [-0.2, 0) is 35.8 Å². The van der Waals surface area contributed by atoms with Gasteiger partial charge < -0.3 is 9.80 Å². The van der Waals surface area contributed by atoms with Crippen molar-refractivity contribution in [2.45, 2.75) is 104 Å². The first-order chi connectivity index (χ1) is 20.5. The highest BCUT2D eigenvalue weighted by molar-refractivity contribution is 7.11. The number of rotatable bonds is 10. The second-order valence-electron chi connectivity index (χ2n) is 10.6. The molecular weight excluding hydrogens is 605 g/mol. The van der Waals surface area contributed by atoms with Crippen molar-refractivity contribution in [1.29, 1.82) is 0 Å². The topological polar surface area (TPSA) is 92.2 Å². The summed E-state index contributed by atoms with van der Waals surface area (Å²) < 4.78 is 0. The first-order valence-corrected chi connectivity index (χ1v) is 18.4. The number of carbonyl (C=O) groups excluding carboxylic acids is 2. The van der Waals surface area contributed by atoms with Gasteiger partial charge >= 0.3 is 0 Å². The van der Waals surface area contributed by atoms with Crippen molar-refractivity contribution in [3.8, 4) is 22.8 Å². The van der Waals surface area contributed by atoms with Gasteiger partial charge in [-0.05, 0) is 12.8 Å². The van der Waals surface area contributed by atoms with Crippen molar-refractivity contribution >= 4 is 57.2 Å². The van der Waals surface area contributed by atoms with Gasteiger partial charge in [0.2, 0.25) is 11.8 Å². The molecular formula is C30H38N6O2S4. The summed E-state index contributed by atoms with van der Waals surface area (Å²) >= 11 is 6.22. The van der Waals surface area contributed by atoms with Crippen LogP contribution in [0.4, 0.5) is 0 Å². The van der Waals surface area contributed by atoms with E-state index in [0.717, 1.165) is 94.2 Å². The molecule has 0 spiro atoms. The minimum absolute atomic E-state index is 0.139. The number of amides is 2. The normalized spacial score (nSPS) is 13.7. The standard InChI is InChI=1S/C30H38N6O2S4/c1-3-5-7-9-11-29(37)35-13-25-31-21(17-39-25)23-19-41-27(33-23)15-36(30(38)12-10-8-6-4-2)16-28-34-24(20-42-28)22-18-40-26(14-35)32-22/h17-20H,3-16H2,1-2H3. The van der Waals surface area contributed by atoms with Crippen molar-refractivity contribution in [3.63, 3.8) is 0 Å². The molecule has 0 N–H and O–H groups in total. The first kappa shape index (κ1) is 30.9. The molecule has 8 nitrogen and oxygen atoms in total. The smallest absolute Gasteiger partial charge is 0.223 e. The summed E-state index contributed by atoms with van der Waals surface area (Å²) in [6.07, 6.45) is 9.60. The van der Waals surface area contributed by atoms with Crippen LogP contribution in [0.5, 0.6) is 0 Å². The molecule has 5 heterocycles. The summed E-state index contributed by atoms with van der Waals surface area (Å²) in [6.45, 7) is 6.15. The third-order valence-electron chi connectivity index (χ3n) is 7.23. The lowest BCUT2D eigenvalue weighted by Crippen LogP contribution is -2.30. The van der Waals surface area contributed by atoms with E-state index in [0.29, 0.717) is 39.0 Å². The Bertz CT molecular complexity index is 1260. The van der Waals surface area contributed by atoms with Crippen molar-refractivity contribution in [2.24, 2.45) is 0 Å². The molecule has 0 fully saturated rings. The second kappa shape index (κ2) is 15.3. The van der Waals surface area contributed by atoms with Gasteiger partial charge in [-0.25, -0.2) is 19.9 Å². The quantitative estimate of drug-likeness (QED) is 0.162. The van der Waals surface area contributed by atoms with Crippen LogP contribution in [0.15, 0.2) is 21.5 Å². The number of aromatic nitrogens is 4. The van der Waals surface area contributed by atoms with Gasteiger partial charge in [-0.15, -0.1) is 45.3 Å². The molecule has 0 saturated heterocycles. The minimum Gasteiger partial charge on any atom is -0.329 e. The average molecular weight is 643 g/mol. The van der Waals surface area contributed by atoms with E-state index in [1.54, 1.807) is 45.3 Å². The zero-order chi connectivity index (χ0) is 29.3. The van der Waals surface area contributed by atoms with E-state index in [9.17, 15) is 9.59 Å². The summed E-state index contributed by atoms with van der Waals surface area (Å²) in [5.74, 6) is 0.278. The van der Waals surface area contributed by atoms with Crippen LogP contribution >= 0.6 is 45.3 Å². The SMILES string of the molecule is CCCCCCC(=O)N1Cc2nc(cs2)-c2csc(n2)CN(C(=O)CCCCCC)Cc2nc(cs2)-c2csc(n2)C1. The van der Waals surface area contributed by atoms with Crippen LogP contribution in [-0.4, -0.2) is 41.6 Å². The van der Waals surface area contributed by atoms with E-state index < -0.39 is 0 Å². The molecule has 42 heavy (non-hydrogen) atoms. The Labute approximate surface area is 263 Å². The molecule has 8 bridgehead atoms.